The summed E-state index contributed by atoms with van der Waals surface area (Å²) in [5.74, 6) is 0.962. The van der Waals surface area contributed by atoms with Crippen molar-refractivity contribution in [1.29, 1.82) is 0 Å². The molecule has 31 heavy (non-hydrogen) atoms. The van der Waals surface area contributed by atoms with Crippen LogP contribution in [0.2, 0.25) is 0 Å². The Bertz CT molecular complexity index is 899. The van der Waals surface area contributed by atoms with Crippen molar-refractivity contribution in [3.05, 3.63) is 17.5 Å². The maximum Gasteiger partial charge on any atom is 0.273 e. The zero-order valence-electron chi connectivity index (χ0n) is 17.8. The van der Waals surface area contributed by atoms with Gasteiger partial charge in [-0.15, -0.1) is 0 Å². The van der Waals surface area contributed by atoms with Crippen LogP contribution in [0.5, 0.6) is 0 Å². The van der Waals surface area contributed by atoms with Gasteiger partial charge in [-0.1, -0.05) is 5.16 Å². The summed E-state index contributed by atoms with van der Waals surface area (Å²) in [6.07, 6.45) is 6.67. The van der Waals surface area contributed by atoms with Gasteiger partial charge in [0, 0.05) is 43.2 Å². The van der Waals surface area contributed by atoms with Crippen LogP contribution in [-0.2, 0) is 10.0 Å². The van der Waals surface area contributed by atoms with Crippen molar-refractivity contribution in [3.8, 4) is 0 Å². The second-order valence-corrected chi connectivity index (χ2v) is 11.7. The molecule has 1 amide bonds. The SMILES string of the molecule is O=C(NC1C[C@H]2CC[C@@H](C1)N2S(=O)(=O)[C@H]1CCCN(CCO)C1)c1cc(C2CC2)on1. The first-order chi connectivity index (χ1) is 15.0. The molecule has 1 unspecified atom stereocenters. The molecular formula is C21H32N4O5S. The van der Waals surface area contributed by atoms with Crippen LogP contribution in [0.1, 0.15) is 73.5 Å². The van der Waals surface area contributed by atoms with Crippen LogP contribution in [0, 0.1) is 0 Å². The zero-order valence-corrected chi connectivity index (χ0v) is 18.6. The van der Waals surface area contributed by atoms with E-state index in [1.165, 1.54) is 0 Å². The van der Waals surface area contributed by atoms with Gasteiger partial charge in [0.05, 0.1) is 11.9 Å². The summed E-state index contributed by atoms with van der Waals surface area (Å²) in [6, 6.07) is 1.58. The molecule has 0 spiro atoms. The Kier molecular flexibility index (Phi) is 5.83. The molecule has 3 aliphatic heterocycles. The molecule has 4 aliphatic rings. The van der Waals surface area contributed by atoms with E-state index in [9.17, 15) is 18.3 Å². The Morgan fingerprint density at radius 3 is 2.61 bits per heavy atom. The Hall–Kier alpha value is -1.49. The Balaban J connectivity index is 1.22. The average molecular weight is 453 g/mol. The number of aliphatic hydroxyl groups excluding tert-OH is 1. The number of nitrogens with one attached hydrogen (secondary N) is 1. The highest BCUT2D eigenvalue weighted by Crippen LogP contribution is 2.41. The molecule has 9 nitrogen and oxygen atoms in total. The lowest BCUT2D eigenvalue weighted by molar-refractivity contribution is 0.0899. The number of sulfonamides is 1. The van der Waals surface area contributed by atoms with Crippen molar-refractivity contribution in [1.82, 2.24) is 19.7 Å². The molecule has 10 heteroatoms. The van der Waals surface area contributed by atoms with Crippen molar-refractivity contribution in [2.75, 3.05) is 26.2 Å². The van der Waals surface area contributed by atoms with E-state index in [0.717, 1.165) is 44.4 Å². The molecule has 3 saturated heterocycles. The molecular weight excluding hydrogens is 420 g/mol. The van der Waals surface area contributed by atoms with Crippen molar-refractivity contribution >= 4 is 15.9 Å². The fourth-order valence-electron chi connectivity index (χ4n) is 5.66. The molecule has 4 heterocycles. The first kappa shape index (κ1) is 21.4. The van der Waals surface area contributed by atoms with Gasteiger partial charge in [0.2, 0.25) is 10.0 Å². The predicted octanol–water partition coefficient (Wildman–Crippen LogP) is 1.06. The highest BCUT2D eigenvalue weighted by atomic mass is 32.2. The van der Waals surface area contributed by atoms with Crippen LogP contribution in [0.25, 0.3) is 0 Å². The lowest BCUT2D eigenvalue weighted by atomic mass is 9.99. The van der Waals surface area contributed by atoms with Gasteiger partial charge >= 0.3 is 0 Å². The van der Waals surface area contributed by atoms with E-state index in [1.807, 2.05) is 0 Å². The third-order valence-electron chi connectivity index (χ3n) is 7.34. The zero-order chi connectivity index (χ0) is 21.6. The average Bonchev–Trinajstić information content (AvgIpc) is 3.40. The van der Waals surface area contributed by atoms with Gasteiger partial charge in [-0.25, -0.2) is 8.42 Å². The Morgan fingerprint density at radius 2 is 1.94 bits per heavy atom. The second-order valence-electron chi connectivity index (χ2n) is 9.58. The maximum absolute atomic E-state index is 13.5. The molecule has 4 fully saturated rings. The molecule has 0 radical (unpaired) electrons. The predicted molar refractivity (Wildman–Crippen MR) is 113 cm³/mol. The summed E-state index contributed by atoms with van der Waals surface area (Å²) in [7, 11) is -3.41. The monoisotopic (exact) mass is 452 g/mol. The number of aromatic nitrogens is 1. The van der Waals surface area contributed by atoms with Gasteiger partial charge in [0.15, 0.2) is 5.69 Å². The first-order valence-corrected chi connectivity index (χ1v) is 13.1. The number of nitrogens with zero attached hydrogens (tertiary/aromatic N) is 3. The Morgan fingerprint density at radius 1 is 1.19 bits per heavy atom. The molecule has 172 valence electrons. The van der Waals surface area contributed by atoms with E-state index < -0.39 is 15.3 Å². The van der Waals surface area contributed by atoms with Crippen LogP contribution in [0.15, 0.2) is 10.6 Å². The van der Waals surface area contributed by atoms with Crippen LogP contribution >= 0.6 is 0 Å². The number of carbonyl (C=O) groups is 1. The highest BCUT2D eigenvalue weighted by molar-refractivity contribution is 7.89. The van der Waals surface area contributed by atoms with Crippen LogP contribution < -0.4 is 5.32 Å². The molecule has 1 aliphatic carbocycles. The lowest BCUT2D eigenvalue weighted by Gasteiger charge is -2.41. The number of β-amino-alcohol motifs (C(OH)–C–C–N with tert-alkyl or cyclic N) is 1. The van der Waals surface area contributed by atoms with Gasteiger partial charge < -0.3 is 14.9 Å². The van der Waals surface area contributed by atoms with Gasteiger partial charge in [-0.05, 0) is 57.9 Å². The number of carbonyl (C=O) groups excluding carboxylic acids is 1. The summed E-state index contributed by atoms with van der Waals surface area (Å²) in [4.78, 5) is 14.7. The maximum atomic E-state index is 13.5. The summed E-state index contributed by atoms with van der Waals surface area (Å²) in [6.45, 7) is 1.92. The van der Waals surface area contributed by atoms with Crippen molar-refractivity contribution in [2.45, 2.75) is 80.7 Å². The summed E-state index contributed by atoms with van der Waals surface area (Å²) < 4.78 is 34.1. The fourth-order valence-corrected chi connectivity index (χ4v) is 8.08. The molecule has 1 aromatic heterocycles. The first-order valence-electron chi connectivity index (χ1n) is 11.6. The third-order valence-corrected chi connectivity index (χ3v) is 9.75. The number of amides is 1. The molecule has 5 rings (SSSR count). The van der Waals surface area contributed by atoms with E-state index >= 15 is 0 Å². The van der Waals surface area contributed by atoms with Gasteiger partial charge in [0.25, 0.3) is 5.91 Å². The number of likely N-dealkylation sites (tertiary alicyclic amines) is 1. The van der Waals surface area contributed by atoms with E-state index in [2.05, 4.69) is 15.4 Å². The largest absolute Gasteiger partial charge is 0.395 e. The van der Waals surface area contributed by atoms with E-state index in [-0.39, 0.29) is 30.6 Å². The number of rotatable bonds is 7. The van der Waals surface area contributed by atoms with E-state index in [0.29, 0.717) is 44.0 Å². The normalized spacial score (nSPS) is 32.3. The molecule has 2 N–H and O–H groups in total. The van der Waals surface area contributed by atoms with Crippen molar-refractivity contribution in [2.24, 2.45) is 0 Å². The van der Waals surface area contributed by atoms with E-state index in [4.69, 9.17) is 4.52 Å². The summed E-state index contributed by atoms with van der Waals surface area (Å²) >= 11 is 0. The highest BCUT2D eigenvalue weighted by Gasteiger charge is 2.49. The second kappa shape index (κ2) is 8.46. The Labute approximate surface area is 183 Å². The van der Waals surface area contributed by atoms with Crippen LogP contribution in [-0.4, -0.2) is 83.4 Å². The number of hydrogen-bond donors (Lipinski definition) is 2. The summed E-state index contributed by atoms with van der Waals surface area (Å²) in [5, 5.41) is 15.8. The molecule has 1 saturated carbocycles. The lowest BCUT2D eigenvalue weighted by Crippen LogP contribution is -2.56. The van der Waals surface area contributed by atoms with Gasteiger partial charge in [0.1, 0.15) is 5.76 Å². The number of piperidine rings is 2. The quantitative estimate of drug-likeness (QED) is 0.636. The molecule has 0 aromatic carbocycles. The standard InChI is InChI=1S/C21H32N4O5S/c26-9-8-24-7-1-2-18(13-24)31(28,29)25-16-5-6-17(25)11-15(10-16)22-21(27)19-12-20(30-23-19)14-3-4-14/h12,14-18,26H,1-11,13H2,(H,22,27)/t15?,16-,17+,18-/m0/s1. The summed E-state index contributed by atoms with van der Waals surface area (Å²) in [5.41, 5.74) is 0.315. The topological polar surface area (TPSA) is 116 Å². The molecule has 2 bridgehead atoms. The molecule has 4 atom stereocenters. The van der Waals surface area contributed by atoms with Crippen molar-refractivity contribution < 1.29 is 22.8 Å². The minimum absolute atomic E-state index is 0.0465. The van der Waals surface area contributed by atoms with Gasteiger partial charge in [-0.3, -0.25) is 9.69 Å². The number of hydrogen-bond acceptors (Lipinski definition) is 7. The van der Waals surface area contributed by atoms with Crippen LogP contribution in [0.4, 0.5) is 0 Å². The number of aliphatic hydroxyl groups is 1. The fraction of sp³-hybridized carbons (Fsp3) is 0.810. The van der Waals surface area contributed by atoms with E-state index in [1.54, 1.807) is 10.4 Å². The minimum Gasteiger partial charge on any atom is -0.395 e. The van der Waals surface area contributed by atoms with Crippen LogP contribution in [0.3, 0.4) is 0 Å². The van der Waals surface area contributed by atoms with Gasteiger partial charge in [-0.2, -0.15) is 4.31 Å². The number of fused-ring (bicyclic) bond motifs is 2. The smallest absolute Gasteiger partial charge is 0.273 e. The third kappa shape index (κ3) is 4.27. The molecule has 1 aromatic rings. The van der Waals surface area contributed by atoms with Crippen molar-refractivity contribution in [3.63, 3.8) is 0 Å². The minimum atomic E-state index is -3.41.